The van der Waals surface area contributed by atoms with E-state index in [9.17, 15) is 4.39 Å². The van der Waals surface area contributed by atoms with Crippen molar-refractivity contribution >= 4 is 17.5 Å². The van der Waals surface area contributed by atoms with Crippen LogP contribution in [0.3, 0.4) is 0 Å². The molecule has 1 aliphatic rings. The standard InChI is InChI=1S/C22H24FN5/c1-17(18-5-3-2-4-6-18)25-22-24-12-11-21(26-22)28-15-13-27(14-16-28)20-9-7-19(23)8-10-20/h2-12,17H,13-16H2,1H3,(H,24,25,26). The first kappa shape index (κ1) is 18.2. The minimum Gasteiger partial charge on any atom is -0.368 e. The van der Waals surface area contributed by atoms with E-state index in [0.29, 0.717) is 5.95 Å². The molecule has 4 rings (SSSR count). The highest BCUT2D eigenvalue weighted by Gasteiger charge is 2.19. The van der Waals surface area contributed by atoms with Gasteiger partial charge in [-0.15, -0.1) is 0 Å². The quantitative estimate of drug-likeness (QED) is 0.725. The molecule has 0 spiro atoms. The zero-order valence-electron chi connectivity index (χ0n) is 15.9. The van der Waals surface area contributed by atoms with Crippen molar-refractivity contribution in [2.45, 2.75) is 13.0 Å². The average molecular weight is 377 g/mol. The maximum atomic E-state index is 13.1. The van der Waals surface area contributed by atoms with Crippen molar-refractivity contribution in [1.29, 1.82) is 0 Å². The van der Waals surface area contributed by atoms with Crippen LogP contribution in [0.5, 0.6) is 0 Å². The molecule has 1 fully saturated rings. The topological polar surface area (TPSA) is 44.3 Å². The van der Waals surface area contributed by atoms with Crippen molar-refractivity contribution in [3.05, 3.63) is 78.2 Å². The number of halogens is 1. The molecule has 5 nitrogen and oxygen atoms in total. The maximum absolute atomic E-state index is 13.1. The first-order valence-electron chi connectivity index (χ1n) is 9.59. The molecule has 2 heterocycles. The van der Waals surface area contributed by atoms with Gasteiger partial charge in [-0.05, 0) is 42.8 Å². The monoisotopic (exact) mass is 377 g/mol. The van der Waals surface area contributed by atoms with Gasteiger partial charge in [0.15, 0.2) is 0 Å². The van der Waals surface area contributed by atoms with Crippen LogP contribution < -0.4 is 15.1 Å². The number of hydrogen-bond acceptors (Lipinski definition) is 5. The van der Waals surface area contributed by atoms with Crippen molar-refractivity contribution in [2.75, 3.05) is 41.3 Å². The molecule has 144 valence electrons. The lowest BCUT2D eigenvalue weighted by Crippen LogP contribution is -2.46. The van der Waals surface area contributed by atoms with E-state index < -0.39 is 0 Å². The first-order valence-corrected chi connectivity index (χ1v) is 9.59. The summed E-state index contributed by atoms with van der Waals surface area (Å²) in [5, 5.41) is 3.38. The molecular formula is C22H24FN5. The number of hydrogen-bond donors (Lipinski definition) is 1. The number of aromatic nitrogens is 2. The Labute approximate surface area is 164 Å². The highest BCUT2D eigenvalue weighted by Crippen LogP contribution is 2.21. The predicted molar refractivity (Wildman–Crippen MR) is 111 cm³/mol. The predicted octanol–water partition coefficient (Wildman–Crippen LogP) is 4.12. The summed E-state index contributed by atoms with van der Waals surface area (Å²) in [6.07, 6.45) is 1.80. The molecule has 0 radical (unpaired) electrons. The third kappa shape index (κ3) is 4.22. The maximum Gasteiger partial charge on any atom is 0.225 e. The number of benzene rings is 2. The second kappa shape index (κ2) is 8.25. The summed E-state index contributed by atoms with van der Waals surface area (Å²) in [6, 6.07) is 19.0. The summed E-state index contributed by atoms with van der Waals surface area (Å²) >= 11 is 0. The van der Waals surface area contributed by atoms with E-state index in [2.05, 4.69) is 39.2 Å². The molecule has 1 aliphatic heterocycles. The van der Waals surface area contributed by atoms with E-state index in [-0.39, 0.29) is 11.9 Å². The second-order valence-corrected chi connectivity index (χ2v) is 6.97. The number of rotatable bonds is 5. The van der Waals surface area contributed by atoms with Crippen LogP contribution in [-0.4, -0.2) is 36.1 Å². The highest BCUT2D eigenvalue weighted by atomic mass is 19.1. The number of anilines is 3. The van der Waals surface area contributed by atoms with Crippen LogP contribution >= 0.6 is 0 Å². The summed E-state index contributed by atoms with van der Waals surface area (Å²) in [6.45, 7) is 5.58. The van der Waals surface area contributed by atoms with Gasteiger partial charge in [0.2, 0.25) is 5.95 Å². The first-order chi connectivity index (χ1) is 13.7. The lowest BCUT2D eigenvalue weighted by Gasteiger charge is -2.36. The van der Waals surface area contributed by atoms with Gasteiger partial charge in [-0.1, -0.05) is 30.3 Å². The van der Waals surface area contributed by atoms with E-state index in [1.165, 1.54) is 17.7 Å². The SMILES string of the molecule is CC(Nc1nccc(N2CCN(c3ccc(F)cc3)CC2)n1)c1ccccc1. The van der Waals surface area contributed by atoms with Crippen LogP contribution in [0.15, 0.2) is 66.9 Å². The van der Waals surface area contributed by atoms with Gasteiger partial charge in [-0.3, -0.25) is 0 Å². The molecule has 0 bridgehead atoms. The Balaban J connectivity index is 1.39. The minimum atomic E-state index is -0.201. The lowest BCUT2D eigenvalue weighted by atomic mass is 10.1. The summed E-state index contributed by atoms with van der Waals surface area (Å²) in [7, 11) is 0. The van der Waals surface area contributed by atoms with E-state index in [0.717, 1.165) is 37.7 Å². The van der Waals surface area contributed by atoms with Gasteiger partial charge >= 0.3 is 0 Å². The molecule has 0 aliphatic carbocycles. The second-order valence-electron chi connectivity index (χ2n) is 6.97. The Kier molecular flexibility index (Phi) is 5.37. The third-order valence-corrected chi connectivity index (χ3v) is 5.08. The van der Waals surface area contributed by atoms with Gasteiger partial charge in [-0.25, -0.2) is 9.37 Å². The van der Waals surface area contributed by atoms with Gasteiger partial charge < -0.3 is 15.1 Å². The van der Waals surface area contributed by atoms with Crippen LogP contribution in [0, 0.1) is 5.82 Å². The Morgan fingerprint density at radius 2 is 1.57 bits per heavy atom. The summed E-state index contributed by atoms with van der Waals surface area (Å²) < 4.78 is 13.1. The normalized spacial score (nSPS) is 15.4. The lowest BCUT2D eigenvalue weighted by molar-refractivity contribution is 0.624. The average Bonchev–Trinajstić information content (AvgIpc) is 2.75. The summed E-state index contributed by atoms with van der Waals surface area (Å²) in [4.78, 5) is 13.6. The molecule has 2 aromatic carbocycles. The molecule has 1 N–H and O–H groups in total. The Morgan fingerprint density at radius 3 is 2.29 bits per heavy atom. The fourth-order valence-corrected chi connectivity index (χ4v) is 3.46. The molecule has 1 saturated heterocycles. The van der Waals surface area contributed by atoms with Crippen molar-refractivity contribution in [3.63, 3.8) is 0 Å². The van der Waals surface area contributed by atoms with Crippen LogP contribution in [0.25, 0.3) is 0 Å². The molecule has 1 unspecified atom stereocenters. The largest absolute Gasteiger partial charge is 0.368 e. The number of nitrogens with zero attached hydrogens (tertiary/aromatic N) is 4. The van der Waals surface area contributed by atoms with E-state index in [1.54, 1.807) is 6.20 Å². The Morgan fingerprint density at radius 1 is 0.893 bits per heavy atom. The zero-order valence-corrected chi connectivity index (χ0v) is 15.9. The van der Waals surface area contributed by atoms with Crippen molar-refractivity contribution in [3.8, 4) is 0 Å². The molecule has 6 heteroatoms. The summed E-state index contributed by atoms with van der Waals surface area (Å²) in [5.41, 5.74) is 2.26. The van der Waals surface area contributed by atoms with Gasteiger partial charge in [-0.2, -0.15) is 4.98 Å². The van der Waals surface area contributed by atoms with Crippen molar-refractivity contribution in [2.24, 2.45) is 0 Å². The molecule has 0 amide bonds. The molecular weight excluding hydrogens is 353 g/mol. The molecule has 28 heavy (non-hydrogen) atoms. The van der Waals surface area contributed by atoms with Crippen LogP contribution in [0.2, 0.25) is 0 Å². The molecule has 1 atom stereocenters. The highest BCUT2D eigenvalue weighted by molar-refractivity contribution is 5.50. The van der Waals surface area contributed by atoms with Crippen LogP contribution in [0.1, 0.15) is 18.5 Å². The summed E-state index contributed by atoms with van der Waals surface area (Å²) in [5.74, 6) is 1.36. The van der Waals surface area contributed by atoms with E-state index in [4.69, 9.17) is 4.98 Å². The fraction of sp³-hybridized carbons (Fsp3) is 0.273. The van der Waals surface area contributed by atoms with Crippen LogP contribution in [0.4, 0.5) is 21.8 Å². The van der Waals surface area contributed by atoms with Gasteiger partial charge in [0.1, 0.15) is 11.6 Å². The molecule has 3 aromatic rings. The molecule has 1 aromatic heterocycles. The minimum absolute atomic E-state index is 0.131. The Hall–Kier alpha value is -3.15. The van der Waals surface area contributed by atoms with Crippen molar-refractivity contribution < 1.29 is 4.39 Å². The Bertz CT molecular complexity index is 892. The fourth-order valence-electron chi connectivity index (χ4n) is 3.46. The number of piperazine rings is 1. The van der Waals surface area contributed by atoms with Crippen LogP contribution in [-0.2, 0) is 0 Å². The van der Waals surface area contributed by atoms with Gasteiger partial charge in [0, 0.05) is 38.1 Å². The van der Waals surface area contributed by atoms with E-state index >= 15 is 0 Å². The van der Waals surface area contributed by atoms with Gasteiger partial charge in [0.05, 0.1) is 6.04 Å². The smallest absolute Gasteiger partial charge is 0.225 e. The van der Waals surface area contributed by atoms with Gasteiger partial charge in [0.25, 0.3) is 0 Å². The number of nitrogens with one attached hydrogen (secondary N) is 1. The zero-order chi connectivity index (χ0) is 19.3. The third-order valence-electron chi connectivity index (χ3n) is 5.08. The molecule has 0 saturated carbocycles. The van der Waals surface area contributed by atoms with E-state index in [1.807, 2.05) is 36.4 Å². The van der Waals surface area contributed by atoms with Crippen molar-refractivity contribution in [1.82, 2.24) is 9.97 Å².